The molecule has 1 aromatic carbocycles. The second kappa shape index (κ2) is 7.23. The first-order valence-corrected chi connectivity index (χ1v) is 8.46. The highest BCUT2D eigenvalue weighted by atomic mass is 79.9. The van der Waals surface area contributed by atoms with E-state index in [9.17, 15) is 4.39 Å². The third kappa shape index (κ3) is 3.95. The summed E-state index contributed by atoms with van der Waals surface area (Å²) in [5.74, 6) is -0.443. The Labute approximate surface area is 140 Å². The molecule has 0 aliphatic rings. The molecule has 0 saturated carbocycles. The monoisotopic (exact) mass is 395 g/mol. The van der Waals surface area contributed by atoms with Crippen LogP contribution in [0.5, 0.6) is 0 Å². The maximum atomic E-state index is 13.5. The molecule has 0 amide bonds. The second-order valence-corrected chi connectivity index (χ2v) is 7.72. The summed E-state index contributed by atoms with van der Waals surface area (Å²) >= 11 is 17.2. The van der Waals surface area contributed by atoms with E-state index in [1.54, 1.807) is 11.3 Å². The molecule has 0 aliphatic heterocycles. The minimum absolute atomic E-state index is 0.0939. The highest BCUT2D eigenvalue weighted by Gasteiger charge is 2.16. The van der Waals surface area contributed by atoms with Crippen molar-refractivity contribution in [1.82, 2.24) is 5.32 Å². The van der Waals surface area contributed by atoms with Crippen LogP contribution in [0.2, 0.25) is 10.0 Å². The van der Waals surface area contributed by atoms with E-state index in [-0.39, 0.29) is 11.1 Å². The molecule has 0 bridgehead atoms. The number of hydrogen-bond acceptors (Lipinski definition) is 2. The highest BCUT2D eigenvalue weighted by molar-refractivity contribution is 9.11. The van der Waals surface area contributed by atoms with Crippen LogP contribution in [0.15, 0.2) is 28.1 Å². The fraction of sp³-hybridized carbons (Fsp3) is 0.286. The zero-order chi connectivity index (χ0) is 14.7. The van der Waals surface area contributed by atoms with Gasteiger partial charge in [0.05, 0.1) is 8.81 Å². The van der Waals surface area contributed by atoms with Crippen molar-refractivity contribution >= 4 is 50.5 Å². The number of thiophene rings is 1. The summed E-state index contributed by atoms with van der Waals surface area (Å²) in [5, 5.41) is 3.90. The summed E-state index contributed by atoms with van der Waals surface area (Å²) in [7, 11) is 0. The maximum absolute atomic E-state index is 13.5. The van der Waals surface area contributed by atoms with Gasteiger partial charge in [-0.1, -0.05) is 23.2 Å². The van der Waals surface area contributed by atoms with Gasteiger partial charge in [0.25, 0.3) is 0 Å². The zero-order valence-electron chi connectivity index (χ0n) is 10.7. The van der Waals surface area contributed by atoms with E-state index in [1.165, 1.54) is 17.0 Å². The van der Waals surface area contributed by atoms with E-state index in [0.29, 0.717) is 10.6 Å². The topological polar surface area (TPSA) is 12.0 Å². The molecular formula is C14H13BrCl2FNS. The first-order chi connectivity index (χ1) is 9.49. The average molecular weight is 397 g/mol. The van der Waals surface area contributed by atoms with Gasteiger partial charge in [-0.2, -0.15) is 0 Å². The van der Waals surface area contributed by atoms with Crippen LogP contribution in [-0.2, 0) is 6.42 Å². The summed E-state index contributed by atoms with van der Waals surface area (Å²) in [6.45, 7) is 2.70. The summed E-state index contributed by atoms with van der Waals surface area (Å²) in [4.78, 5) is 1.29. The lowest BCUT2D eigenvalue weighted by molar-refractivity contribution is 0.569. The maximum Gasteiger partial charge on any atom is 0.142 e. The van der Waals surface area contributed by atoms with Crippen molar-refractivity contribution in [3.8, 4) is 0 Å². The predicted molar refractivity (Wildman–Crippen MR) is 88.6 cm³/mol. The van der Waals surface area contributed by atoms with Crippen molar-refractivity contribution in [3.05, 3.63) is 54.4 Å². The van der Waals surface area contributed by atoms with Crippen molar-refractivity contribution in [2.75, 3.05) is 6.54 Å². The van der Waals surface area contributed by atoms with Crippen LogP contribution in [0.3, 0.4) is 0 Å². The smallest absolute Gasteiger partial charge is 0.142 e. The number of rotatable bonds is 5. The quantitative estimate of drug-likeness (QED) is 0.625. The molecule has 108 valence electrons. The molecule has 2 rings (SSSR count). The van der Waals surface area contributed by atoms with Gasteiger partial charge in [-0.3, -0.25) is 0 Å². The molecule has 2 aromatic rings. The molecule has 1 nitrogen and oxygen atoms in total. The number of hydrogen-bond donors (Lipinski definition) is 1. The summed E-state index contributed by atoms with van der Waals surface area (Å²) in [6.07, 6.45) is 0.908. The first kappa shape index (κ1) is 16.2. The fourth-order valence-electron chi connectivity index (χ4n) is 1.94. The van der Waals surface area contributed by atoms with E-state index < -0.39 is 5.82 Å². The Bertz CT molecular complexity index is 603. The molecule has 1 N–H and O–H groups in total. The van der Waals surface area contributed by atoms with Crippen LogP contribution < -0.4 is 5.32 Å². The van der Waals surface area contributed by atoms with Crippen LogP contribution in [-0.4, -0.2) is 6.54 Å². The lowest BCUT2D eigenvalue weighted by Crippen LogP contribution is -2.22. The van der Waals surface area contributed by atoms with E-state index in [1.807, 2.05) is 13.0 Å². The molecule has 1 heterocycles. The number of nitrogens with one attached hydrogen (secondary N) is 1. The third-order valence-electron chi connectivity index (χ3n) is 2.96. The van der Waals surface area contributed by atoms with Gasteiger partial charge in [0, 0.05) is 28.0 Å². The fourth-order valence-corrected chi connectivity index (χ4v) is 4.12. The van der Waals surface area contributed by atoms with Crippen LogP contribution in [0.4, 0.5) is 4.39 Å². The minimum Gasteiger partial charge on any atom is -0.310 e. The van der Waals surface area contributed by atoms with Crippen molar-refractivity contribution in [2.24, 2.45) is 0 Å². The summed E-state index contributed by atoms with van der Waals surface area (Å²) in [5.41, 5.74) is 0.612. The minimum atomic E-state index is -0.443. The van der Waals surface area contributed by atoms with E-state index in [4.69, 9.17) is 23.2 Å². The molecule has 0 saturated heterocycles. The number of halogens is 4. The molecule has 1 unspecified atom stereocenters. The standard InChI is InChI=1S/C14H13BrCl2FNS/c1-8(13-10(16)3-4-11(18)14(13)17)19-7-6-9-2-5-12(15)20-9/h2-5,8,19H,6-7H2,1H3. The summed E-state index contributed by atoms with van der Waals surface area (Å²) < 4.78 is 14.6. The molecule has 1 aromatic heterocycles. The Hall–Kier alpha value is -0.130. The van der Waals surface area contributed by atoms with Crippen LogP contribution >= 0.6 is 50.5 Å². The van der Waals surface area contributed by atoms with Crippen LogP contribution in [0.25, 0.3) is 0 Å². The van der Waals surface area contributed by atoms with Gasteiger partial charge in [-0.25, -0.2) is 4.39 Å². The molecule has 6 heteroatoms. The normalized spacial score (nSPS) is 12.7. The van der Waals surface area contributed by atoms with Crippen LogP contribution in [0, 0.1) is 5.82 Å². The van der Waals surface area contributed by atoms with Gasteiger partial charge < -0.3 is 5.32 Å². The van der Waals surface area contributed by atoms with Gasteiger partial charge in [0.1, 0.15) is 5.82 Å². The van der Waals surface area contributed by atoms with Gasteiger partial charge >= 0.3 is 0 Å². The van der Waals surface area contributed by atoms with Crippen molar-refractivity contribution in [2.45, 2.75) is 19.4 Å². The SMILES string of the molecule is CC(NCCc1ccc(Br)s1)c1c(Cl)ccc(F)c1Cl. The largest absolute Gasteiger partial charge is 0.310 e. The lowest BCUT2D eigenvalue weighted by Gasteiger charge is -2.17. The van der Waals surface area contributed by atoms with Crippen molar-refractivity contribution in [3.63, 3.8) is 0 Å². The zero-order valence-corrected chi connectivity index (χ0v) is 14.6. The molecule has 0 aliphatic carbocycles. The second-order valence-electron chi connectivity index (χ2n) is 4.39. The van der Waals surface area contributed by atoms with E-state index >= 15 is 0 Å². The summed E-state index contributed by atoms with van der Waals surface area (Å²) in [6, 6.07) is 6.83. The molecule has 20 heavy (non-hydrogen) atoms. The Balaban J connectivity index is 1.98. The predicted octanol–water partition coefficient (Wildman–Crippen LogP) is 5.85. The van der Waals surface area contributed by atoms with E-state index in [2.05, 4.69) is 27.3 Å². The molecular weight excluding hydrogens is 384 g/mol. The van der Waals surface area contributed by atoms with E-state index in [0.717, 1.165) is 16.8 Å². The van der Waals surface area contributed by atoms with Gasteiger partial charge in [0.2, 0.25) is 0 Å². The van der Waals surface area contributed by atoms with Gasteiger partial charge in [0.15, 0.2) is 0 Å². The molecule has 0 spiro atoms. The Morgan fingerprint density at radius 2 is 2.05 bits per heavy atom. The van der Waals surface area contributed by atoms with Gasteiger partial charge in [-0.05, 0) is 53.5 Å². The molecule has 0 fully saturated rings. The van der Waals surface area contributed by atoms with Gasteiger partial charge in [-0.15, -0.1) is 11.3 Å². The lowest BCUT2D eigenvalue weighted by atomic mass is 10.1. The number of benzene rings is 1. The highest BCUT2D eigenvalue weighted by Crippen LogP contribution is 2.32. The average Bonchev–Trinajstić information content (AvgIpc) is 2.80. The Kier molecular flexibility index (Phi) is 5.87. The Morgan fingerprint density at radius 1 is 1.30 bits per heavy atom. The van der Waals surface area contributed by atoms with Crippen LogP contribution in [0.1, 0.15) is 23.4 Å². The first-order valence-electron chi connectivity index (χ1n) is 6.10. The van der Waals surface area contributed by atoms with Crippen molar-refractivity contribution in [1.29, 1.82) is 0 Å². The molecule has 1 atom stereocenters. The van der Waals surface area contributed by atoms with Crippen molar-refractivity contribution < 1.29 is 4.39 Å². The third-order valence-corrected chi connectivity index (χ3v) is 5.36. The Morgan fingerprint density at radius 3 is 2.70 bits per heavy atom. The molecule has 0 radical (unpaired) electrons.